The molecule has 140 valence electrons. The Morgan fingerprint density at radius 3 is 2.78 bits per heavy atom. The molecule has 1 amide bonds. The molecule has 4 heterocycles. The number of hydrogen-bond donors (Lipinski definition) is 2. The van der Waals surface area contributed by atoms with Gasteiger partial charge in [0.1, 0.15) is 11.8 Å². The summed E-state index contributed by atoms with van der Waals surface area (Å²) in [6, 6.07) is 5.92. The van der Waals surface area contributed by atoms with Crippen molar-refractivity contribution in [2.45, 2.75) is 32.1 Å². The number of amides is 1. The molecule has 0 unspecified atom stereocenters. The van der Waals surface area contributed by atoms with Crippen LogP contribution in [0.4, 0.5) is 5.82 Å². The number of rotatable bonds is 6. The van der Waals surface area contributed by atoms with Crippen LogP contribution in [0.5, 0.6) is 0 Å². The van der Waals surface area contributed by atoms with Crippen LogP contribution in [0.3, 0.4) is 0 Å². The first kappa shape index (κ1) is 17.4. The summed E-state index contributed by atoms with van der Waals surface area (Å²) in [5, 5.41) is 0. The van der Waals surface area contributed by atoms with Gasteiger partial charge in [-0.05, 0) is 44.2 Å². The number of hydrogen-bond acceptors (Lipinski definition) is 6. The third kappa shape index (κ3) is 3.47. The molecule has 8 heteroatoms. The lowest BCUT2D eigenvalue weighted by molar-refractivity contribution is -0.129. The van der Waals surface area contributed by atoms with Crippen molar-refractivity contribution in [1.29, 1.82) is 0 Å². The Hall–Kier alpha value is -3.03. The number of carbonyl (C=O) groups excluding carboxylic acids is 1. The predicted octanol–water partition coefficient (Wildman–Crippen LogP) is 1.84. The number of pyridine rings is 1. The molecule has 3 aromatic rings. The largest absolute Gasteiger partial charge is 0.369 e. The van der Waals surface area contributed by atoms with Gasteiger partial charge in [-0.1, -0.05) is 6.07 Å². The van der Waals surface area contributed by atoms with E-state index in [0.29, 0.717) is 5.65 Å². The average molecular weight is 365 g/mol. The molecule has 0 aromatic carbocycles. The van der Waals surface area contributed by atoms with Gasteiger partial charge < -0.3 is 15.6 Å². The Morgan fingerprint density at radius 2 is 2.04 bits per heavy atom. The van der Waals surface area contributed by atoms with Crippen LogP contribution in [-0.2, 0) is 11.2 Å². The number of fused-ring (bicyclic) bond motifs is 1. The van der Waals surface area contributed by atoms with E-state index >= 15 is 0 Å². The minimum absolute atomic E-state index is 0.197. The van der Waals surface area contributed by atoms with Gasteiger partial charge in [0.25, 0.3) is 0 Å². The average Bonchev–Trinajstić information content (AvgIpc) is 3.18. The smallest absolute Gasteiger partial charge is 0.223 e. The molecule has 0 aliphatic carbocycles. The van der Waals surface area contributed by atoms with Crippen molar-refractivity contribution in [3.05, 3.63) is 42.7 Å². The molecular formula is C19H23N7O. The summed E-state index contributed by atoms with van der Waals surface area (Å²) in [6.45, 7) is 1.47. The SMILES string of the molecule is NC(=O)C1(CCCc2ccccn2)CCN(c2ncnc3nc[nH]c23)CC1. The fourth-order valence-corrected chi connectivity index (χ4v) is 3.91. The second kappa shape index (κ2) is 7.30. The van der Waals surface area contributed by atoms with E-state index in [4.69, 9.17) is 5.73 Å². The number of anilines is 1. The Morgan fingerprint density at radius 1 is 1.19 bits per heavy atom. The Labute approximate surface area is 157 Å². The van der Waals surface area contributed by atoms with Crippen molar-refractivity contribution in [2.24, 2.45) is 11.1 Å². The summed E-state index contributed by atoms with van der Waals surface area (Å²) in [7, 11) is 0. The van der Waals surface area contributed by atoms with E-state index in [2.05, 4.69) is 29.8 Å². The van der Waals surface area contributed by atoms with Crippen molar-refractivity contribution in [3.8, 4) is 0 Å². The normalized spacial score (nSPS) is 16.5. The van der Waals surface area contributed by atoms with Crippen molar-refractivity contribution in [2.75, 3.05) is 18.0 Å². The number of H-pyrrole nitrogens is 1. The molecule has 8 nitrogen and oxygen atoms in total. The van der Waals surface area contributed by atoms with Crippen molar-refractivity contribution in [1.82, 2.24) is 24.9 Å². The maximum atomic E-state index is 12.3. The second-order valence-corrected chi connectivity index (χ2v) is 7.10. The minimum atomic E-state index is -0.453. The summed E-state index contributed by atoms with van der Waals surface area (Å²) in [5.74, 6) is 0.640. The van der Waals surface area contributed by atoms with E-state index in [1.807, 2.05) is 18.2 Å². The summed E-state index contributed by atoms with van der Waals surface area (Å²) in [5.41, 5.74) is 7.91. The van der Waals surface area contributed by atoms with Gasteiger partial charge >= 0.3 is 0 Å². The van der Waals surface area contributed by atoms with Crippen LogP contribution in [0.1, 0.15) is 31.4 Å². The topological polar surface area (TPSA) is 114 Å². The number of primary amides is 1. The van der Waals surface area contributed by atoms with E-state index < -0.39 is 5.41 Å². The third-order valence-corrected chi connectivity index (χ3v) is 5.56. The predicted molar refractivity (Wildman–Crippen MR) is 102 cm³/mol. The molecule has 4 rings (SSSR count). The first-order chi connectivity index (χ1) is 13.2. The number of nitrogens with one attached hydrogen (secondary N) is 1. The highest BCUT2D eigenvalue weighted by Gasteiger charge is 2.40. The maximum absolute atomic E-state index is 12.3. The van der Waals surface area contributed by atoms with Crippen LogP contribution < -0.4 is 10.6 Å². The van der Waals surface area contributed by atoms with Crippen molar-refractivity contribution >= 4 is 22.9 Å². The van der Waals surface area contributed by atoms with Gasteiger partial charge in [-0.15, -0.1) is 0 Å². The molecule has 3 aromatic heterocycles. The molecular weight excluding hydrogens is 342 g/mol. The van der Waals surface area contributed by atoms with Crippen LogP contribution in [-0.4, -0.2) is 43.9 Å². The van der Waals surface area contributed by atoms with E-state index in [-0.39, 0.29) is 5.91 Å². The van der Waals surface area contributed by atoms with Crippen LogP contribution in [0, 0.1) is 5.41 Å². The van der Waals surface area contributed by atoms with Gasteiger partial charge in [0.2, 0.25) is 5.91 Å². The zero-order chi connectivity index (χ0) is 18.7. The molecule has 1 aliphatic rings. The molecule has 1 aliphatic heterocycles. The van der Waals surface area contributed by atoms with Crippen LogP contribution in [0.15, 0.2) is 37.1 Å². The summed E-state index contributed by atoms with van der Waals surface area (Å²) >= 11 is 0. The number of piperidine rings is 1. The monoisotopic (exact) mass is 365 g/mol. The molecule has 3 N–H and O–H groups in total. The lowest BCUT2D eigenvalue weighted by atomic mass is 9.73. The quantitative estimate of drug-likeness (QED) is 0.689. The third-order valence-electron chi connectivity index (χ3n) is 5.56. The highest BCUT2D eigenvalue weighted by atomic mass is 16.1. The highest BCUT2D eigenvalue weighted by molar-refractivity contribution is 5.84. The molecule has 0 bridgehead atoms. The van der Waals surface area contributed by atoms with E-state index in [9.17, 15) is 4.79 Å². The van der Waals surface area contributed by atoms with E-state index in [1.165, 1.54) is 6.33 Å². The molecule has 1 fully saturated rings. The van der Waals surface area contributed by atoms with Crippen LogP contribution >= 0.6 is 0 Å². The lowest BCUT2D eigenvalue weighted by Gasteiger charge is -2.40. The van der Waals surface area contributed by atoms with Crippen molar-refractivity contribution in [3.63, 3.8) is 0 Å². The number of aryl methyl sites for hydroxylation is 1. The first-order valence-corrected chi connectivity index (χ1v) is 9.27. The zero-order valence-electron chi connectivity index (χ0n) is 15.1. The summed E-state index contributed by atoms with van der Waals surface area (Å²) < 4.78 is 0. The molecule has 0 spiro atoms. The fraction of sp³-hybridized carbons (Fsp3) is 0.421. The van der Waals surface area contributed by atoms with Gasteiger partial charge in [-0.2, -0.15) is 0 Å². The summed E-state index contributed by atoms with van der Waals surface area (Å²) in [4.78, 5) is 34.7. The number of nitrogens with zero attached hydrogens (tertiary/aromatic N) is 5. The number of aromatic nitrogens is 5. The lowest BCUT2D eigenvalue weighted by Crippen LogP contribution is -2.47. The Bertz CT molecular complexity index is 916. The van der Waals surface area contributed by atoms with E-state index in [1.54, 1.807) is 12.5 Å². The standard InChI is InChI=1S/C19H23N7O/c20-18(27)19(6-3-5-14-4-1-2-9-21-14)7-10-26(11-8-19)17-15-16(23-12-22-15)24-13-25-17/h1-2,4,9,12-13H,3,5-8,10-11H2,(H2,20,27)(H,22,23,24,25). The summed E-state index contributed by atoms with van der Waals surface area (Å²) in [6.07, 6.45) is 8.96. The fourth-order valence-electron chi connectivity index (χ4n) is 3.91. The first-order valence-electron chi connectivity index (χ1n) is 9.27. The van der Waals surface area contributed by atoms with Gasteiger partial charge in [-0.3, -0.25) is 9.78 Å². The molecule has 0 radical (unpaired) electrons. The van der Waals surface area contributed by atoms with Gasteiger partial charge in [0, 0.05) is 25.0 Å². The molecule has 0 saturated carbocycles. The van der Waals surface area contributed by atoms with Gasteiger partial charge in [0.15, 0.2) is 11.5 Å². The van der Waals surface area contributed by atoms with Crippen LogP contribution in [0.2, 0.25) is 0 Å². The Kier molecular flexibility index (Phi) is 4.70. The van der Waals surface area contributed by atoms with E-state index in [0.717, 1.165) is 62.2 Å². The van der Waals surface area contributed by atoms with Crippen LogP contribution in [0.25, 0.3) is 11.2 Å². The second-order valence-electron chi connectivity index (χ2n) is 7.10. The van der Waals surface area contributed by atoms with Gasteiger partial charge in [-0.25, -0.2) is 15.0 Å². The van der Waals surface area contributed by atoms with Gasteiger partial charge in [0.05, 0.1) is 11.7 Å². The molecule has 0 atom stereocenters. The molecule has 1 saturated heterocycles. The number of nitrogens with two attached hydrogens (primary N) is 1. The maximum Gasteiger partial charge on any atom is 0.223 e. The number of carbonyl (C=O) groups is 1. The highest BCUT2D eigenvalue weighted by Crippen LogP contribution is 2.38. The number of aromatic amines is 1. The molecule has 27 heavy (non-hydrogen) atoms. The van der Waals surface area contributed by atoms with Crippen molar-refractivity contribution < 1.29 is 4.79 Å². The zero-order valence-corrected chi connectivity index (χ0v) is 15.1. The Balaban J connectivity index is 1.43. The minimum Gasteiger partial charge on any atom is -0.369 e. The number of imidazole rings is 1.